The van der Waals surface area contributed by atoms with Gasteiger partial charge in [0.2, 0.25) is 27.7 Å². The molecule has 1 aliphatic heterocycles. The topological polar surface area (TPSA) is 204 Å². The van der Waals surface area contributed by atoms with E-state index < -0.39 is 73.8 Å². The zero-order valence-corrected chi connectivity index (χ0v) is 31.9. The molecule has 3 heterocycles. The van der Waals surface area contributed by atoms with Gasteiger partial charge < -0.3 is 25.0 Å². The Morgan fingerprint density at radius 2 is 1.72 bits per heavy atom. The molecule has 286 valence electrons. The third kappa shape index (κ3) is 9.12. The molecule has 4 amide bonds. The third-order valence-corrected chi connectivity index (χ3v) is 10.8. The minimum absolute atomic E-state index is 0.0354. The lowest BCUT2D eigenvalue weighted by atomic mass is 9.85. The highest BCUT2D eigenvalue weighted by molar-refractivity contribution is 7.91. The first-order valence-electron chi connectivity index (χ1n) is 17.4. The Kier molecular flexibility index (Phi) is 10.9. The van der Waals surface area contributed by atoms with Crippen molar-refractivity contribution in [3.63, 3.8) is 0 Å². The van der Waals surface area contributed by atoms with E-state index in [4.69, 9.17) is 9.47 Å². The maximum absolute atomic E-state index is 14.5. The summed E-state index contributed by atoms with van der Waals surface area (Å²) in [5.41, 5.74) is -3.42. The molecule has 4 atom stereocenters. The fourth-order valence-corrected chi connectivity index (χ4v) is 7.45. The van der Waals surface area contributed by atoms with Crippen molar-refractivity contribution >= 4 is 44.6 Å². The molecule has 0 spiro atoms. The van der Waals surface area contributed by atoms with E-state index in [1.807, 2.05) is 24.3 Å². The molecule has 3 aromatic rings. The highest BCUT2D eigenvalue weighted by Crippen LogP contribution is 2.33. The molecule has 1 saturated carbocycles. The minimum Gasteiger partial charge on any atom is -0.471 e. The number of alkyl carbamates (subject to hydrolysis) is 1. The van der Waals surface area contributed by atoms with E-state index in [2.05, 4.69) is 37.1 Å². The van der Waals surface area contributed by atoms with Crippen molar-refractivity contribution in [3.05, 3.63) is 55.6 Å². The molecule has 3 N–H and O–H groups in total. The smallest absolute Gasteiger partial charge is 0.408 e. The second kappa shape index (κ2) is 14.8. The van der Waals surface area contributed by atoms with Gasteiger partial charge in [-0.3, -0.25) is 23.7 Å². The molecule has 2 aliphatic rings. The zero-order valence-electron chi connectivity index (χ0n) is 31.1. The number of hydrogen-bond donors (Lipinski definition) is 3. The van der Waals surface area contributed by atoms with Crippen molar-refractivity contribution in [2.75, 3.05) is 6.54 Å². The molecule has 0 radical (unpaired) electrons. The van der Waals surface area contributed by atoms with Crippen LogP contribution in [0.15, 0.2) is 55.6 Å². The molecule has 2 aromatic heterocycles. The molecule has 16 nitrogen and oxygen atoms in total. The predicted octanol–water partition coefficient (Wildman–Crippen LogP) is 3.16. The van der Waals surface area contributed by atoms with E-state index >= 15 is 0 Å². The Hall–Kier alpha value is -5.06. The summed E-state index contributed by atoms with van der Waals surface area (Å²) in [4.78, 5) is 60.6. The van der Waals surface area contributed by atoms with Crippen LogP contribution < -0.4 is 20.1 Å². The molecule has 1 aromatic carbocycles. The van der Waals surface area contributed by atoms with E-state index in [0.717, 1.165) is 5.39 Å². The summed E-state index contributed by atoms with van der Waals surface area (Å²) in [5, 5.41) is 14.8. The molecule has 4 unspecified atom stereocenters. The van der Waals surface area contributed by atoms with Gasteiger partial charge in [0.05, 0.1) is 11.8 Å². The van der Waals surface area contributed by atoms with E-state index in [-0.39, 0.29) is 25.3 Å². The number of amides is 4. The maximum Gasteiger partial charge on any atom is 0.408 e. The van der Waals surface area contributed by atoms with Crippen LogP contribution in [-0.4, -0.2) is 98.0 Å². The summed E-state index contributed by atoms with van der Waals surface area (Å²) >= 11 is 0. The number of carbonyl (C=O) groups excluding carboxylic acids is 4. The fourth-order valence-electron chi connectivity index (χ4n) is 6.05. The van der Waals surface area contributed by atoms with Crippen LogP contribution in [-0.2, 0) is 29.1 Å². The normalized spacial score (nSPS) is 19.5. The Morgan fingerprint density at radius 3 is 2.30 bits per heavy atom. The Morgan fingerprint density at radius 1 is 1.04 bits per heavy atom. The van der Waals surface area contributed by atoms with Crippen LogP contribution in [0.2, 0.25) is 0 Å². The lowest BCUT2D eigenvalue weighted by molar-refractivity contribution is -0.143. The molecule has 1 aliphatic carbocycles. The summed E-state index contributed by atoms with van der Waals surface area (Å²) in [6, 6.07) is 4.99. The minimum atomic E-state index is -3.94. The molecular formula is C36H48N8O8S. The molecule has 2 fully saturated rings. The van der Waals surface area contributed by atoms with Crippen LogP contribution in [0.25, 0.3) is 16.6 Å². The van der Waals surface area contributed by atoms with E-state index in [0.29, 0.717) is 24.0 Å². The summed E-state index contributed by atoms with van der Waals surface area (Å²) in [7, 11) is -3.94. The average Bonchev–Trinajstić information content (AvgIpc) is 3.63. The van der Waals surface area contributed by atoms with Gasteiger partial charge in [0.1, 0.15) is 35.7 Å². The van der Waals surface area contributed by atoms with Crippen molar-refractivity contribution in [2.45, 2.75) is 109 Å². The number of sulfonamides is 1. The number of carbonyl (C=O) groups is 4. The summed E-state index contributed by atoms with van der Waals surface area (Å²) in [5.74, 6) is -1.56. The van der Waals surface area contributed by atoms with E-state index in [1.165, 1.54) is 17.9 Å². The first-order valence-corrected chi connectivity index (χ1v) is 19.0. The summed E-state index contributed by atoms with van der Waals surface area (Å²) < 4.78 is 41.0. The number of likely N-dealkylation sites (tertiary alicyclic amines) is 1. The number of benzene rings is 1. The van der Waals surface area contributed by atoms with Crippen LogP contribution in [0, 0.1) is 5.41 Å². The van der Waals surface area contributed by atoms with Crippen molar-refractivity contribution in [2.24, 2.45) is 5.41 Å². The van der Waals surface area contributed by atoms with Gasteiger partial charge in [-0.05, 0) is 58.4 Å². The number of ether oxygens (including phenoxy) is 2. The second-order valence-electron chi connectivity index (χ2n) is 15.8. The summed E-state index contributed by atoms with van der Waals surface area (Å²) in [6.07, 6.45) is 5.47. The Bertz CT molecular complexity index is 1990. The first-order chi connectivity index (χ1) is 24.7. The van der Waals surface area contributed by atoms with Gasteiger partial charge in [0.15, 0.2) is 5.82 Å². The Balaban J connectivity index is 1.47. The second-order valence-corrected chi connectivity index (χ2v) is 17.7. The zero-order chi connectivity index (χ0) is 38.9. The third-order valence-electron chi connectivity index (χ3n) is 8.93. The first kappa shape index (κ1) is 39.2. The van der Waals surface area contributed by atoms with Crippen LogP contribution in [0.5, 0.6) is 5.88 Å². The van der Waals surface area contributed by atoms with E-state index in [9.17, 15) is 27.6 Å². The number of rotatable bonds is 12. The van der Waals surface area contributed by atoms with Gasteiger partial charge in [-0.15, -0.1) is 16.8 Å². The molecule has 0 bridgehead atoms. The lowest BCUT2D eigenvalue weighted by Crippen LogP contribution is -2.62. The monoisotopic (exact) mass is 752 g/mol. The summed E-state index contributed by atoms with van der Waals surface area (Å²) in [6.45, 7) is 15.4. The Labute approximate surface area is 309 Å². The quantitative estimate of drug-likeness (QED) is 0.229. The highest BCUT2D eigenvalue weighted by Gasteiger charge is 2.49. The number of nitrogens with zero attached hydrogens (tertiary/aromatic N) is 5. The van der Waals surface area contributed by atoms with Crippen LogP contribution in [0.1, 0.15) is 74.1 Å². The predicted molar refractivity (Wildman–Crippen MR) is 195 cm³/mol. The number of aromatic nitrogens is 4. The molecular weight excluding hydrogens is 705 g/mol. The number of imidazole rings is 1. The van der Waals surface area contributed by atoms with Crippen molar-refractivity contribution in [1.29, 1.82) is 0 Å². The van der Waals surface area contributed by atoms with Crippen LogP contribution in [0.4, 0.5) is 4.79 Å². The van der Waals surface area contributed by atoms with Gasteiger partial charge in [0.25, 0.3) is 5.91 Å². The highest BCUT2D eigenvalue weighted by atomic mass is 32.2. The largest absolute Gasteiger partial charge is 0.471 e. The lowest BCUT2D eigenvalue weighted by Gasteiger charge is -2.36. The molecule has 1 saturated heterocycles. The standard InChI is InChI=1S/C36H48N8O8S/c1-9-16-36(8,32(47)42-53(49,50)23-14-15-23)39-29(45)26-19-22(20-44(26)31(46)27(34(2,3)4)38-33(48)52-35(5,6)7)51-30-25-13-11-10-12-24(25)28(40-41-30)43-18-17-37-21-43/h9-13,17-18,21-23,26-27H,1,14-16,19-20H2,2-8H3,(H,38,48)(H,39,45)(H,42,47). The van der Waals surface area contributed by atoms with Crippen molar-refractivity contribution in [3.8, 4) is 11.7 Å². The van der Waals surface area contributed by atoms with Crippen LogP contribution in [0.3, 0.4) is 0 Å². The van der Waals surface area contributed by atoms with Gasteiger partial charge in [-0.2, -0.15) is 0 Å². The van der Waals surface area contributed by atoms with Gasteiger partial charge in [-0.1, -0.05) is 45.0 Å². The van der Waals surface area contributed by atoms with Gasteiger partial charge >= 0.3 is 6.09 Å². The molecule has 5 rings (SSSR count). The number of nitrogens with one attached hydrogen (secondary N) is 3. The maximum atomic E-state index is 14.5. The molecule has 17 heteroatoms. The van der Waals surface area contributed by atoms with Crippen LogP contribution >= 0.6 is 0 Å². The van der Waals surface area contributed by atoms with Gasteiger partial charge in [-0.25, -0.2) is 18.2 Å². The number of fused-ring (bicyclic) bond motifs is 1. The SMILES string of the molecule is C=CCC(C)(NC(=O)C1CC(Oc2nnc(-n3ccnc3)c3ccccc23)CN1C(=O)C(NC(=O)OC(C)(C)C)C(C)(C)C)C(=O)NS(=O)(=O)C1CC1. The molecule has 53 heavy (non-hydrogen) atoms. The van der Waals surface area contributed by atoms with Crippen molar-refractivity contribution in [1.82, 2.24) is 40.0 Å². The number of hydrogen-bond acceptors (Lipinski definition) is 11. The van der Waals surface area contributed by atoms with E-state index in [1.54, 1.807) is 64.8 Å². The fraction of sp³-hybridized carbons (Fsp3) is 0.528. The van der Waals surface area contributed by atoms with Crippen molar-refractivity contribution < 1.29 is 37.1 Å². The van der Waals surface area contributed by atoms with Gasteiger partial charge in [0, 0.05) is 29.6 Å². The average molecular weight is 753 g/mol.